The third-order valence-corrected chi connectivity index (χ3v) is 2.02. The van der Waals surface area contributed by atoms with Gasteiger partial charge in [-0.2, -0.15) is 0 Å². The number of hydrogen-bond donors (Lipinski definition) is 0. The van der Waals surface area contributed by atoms with E-state index in [1.54, 1.807) is 19.2 Å². The SMILES string of the molecule is CCOC(=O)C1=NCC(c2cnoc2)=C1. The maximum Gasteiger partial charge on any atom is 0.356 e. The lowest BCUT2D eigenvalue weighted by Crippen LogP contribution is -2.13. The van der Waals surface area contributed by atoms with Crippen molar-refractivity contribution in [3.05, 3.63) is 24.1 Å². The van der Waals surface area contributed by atoms with Crippen molar-refractivity contribution in [1.29, 1.82) is 0 Å². The highest BCUT2D eigenvalue weighted by atomic mass is 16.5. The van der Waals surface area contributed by atoms with E-state index in [4.69, 9.17) is 9.26 Å². The van der Waals surface area contributed by atoms with E-state index in [-0.39, 0.29) is 5.97 Å². The van der Waals surface area contributed by atoms with Gasteiger partial charge in [-0.3, -0.25) is 4.99 Å². The second kappa shape index (κ2) is 4.08. The molecule has 0 bridgehead atoms. The highest BCUT2D eigenvalue weighted by molar-refractivity contribution is 6.43. The van der Waals surface area contributed by atoms with Crippen molar-refractivity contribution >= 4 is 17.3 Å². The minimum absolute atomic E-state index is 0.355. The van der Waals surface area contributed by atoms with Crippen LogP contribution in [0.5, 0.6) is 0 Å². The molecule has 2 heterocycles. The van der Waals surface area contributed by atoms with Gasteiger partial charge < -0.3 is 9.26 Å². The Bertz CT molecular complexity index is 418. The van der Waals surface area contributed by atoms with Crippen LogP contribution in [-0.2, 0) is 9.53 Å². The van der Waals surface area contributed by atoms with Crippen LogP contribution < -0.4 is 0 Å². The molecule has 5 nitrogen and oxygen atoms in total. The van der Waals surface area contributed by atoms with Crippen LogP contribution in [0.15, 0.2) is 28.1 Å². The van der Waals surface area contributed by atoms with Gasteiger partial charge in [0.15, 0.2) is 0 Å². The number of hydrogen-bond acceptors (Lipinski definition) is 5. The van der Waals surface area contributed by atoms with Crippen LogP contribution in [0.2, 0.25) is 0 Å². The second-order valence-electron chi connectivity index (χ2n) is 3.00. The fourth-order valence-electron chi connectivity index (χ4n) is 1.29. The van der Waals surface area contributed by atoms with Gasteiger partial charge in [-0.15, -0.1) is 0 Å². The normalized spacial score (nSPS) is 14.7. The zero-order valence-corrected chi connectivity index (χ0v) is 8.27. The number of carbonyl (C=O) groups is 1. The van der Waals surface area contributed by atoms with Crippen LogP contribution in [0, 0.1) is 0 Å². The van der Waals surface area contributed by atoms with Gasteiger partial charge in [0.1, 0.15) is 12.0 Å². The van der Waals surface area contributed by atoms with E-state index in [1.807, 2.05) is 0 Å². The van der Waals surface area contributed by atoms with E-state index in [0.717, 1.165) is 11.1 Å². The Labute approximate surface area is 86.4 Å². The Morgan fingerprint density at radius 1 is 1.67 bits per heavy atom. The average Bonchev–Trinajstić information content (AvgIpc) is 2.89. The third-order valence-electron chi connectivity index (χ3n) is 2.02. The molecule has 5 heteroatoms. The Balaban J connectivity index is 2.10. The summed E-state index contributed by atoms with van der Waals surface area (Å²) in [6, 6.07) is 0. The van der Waals surface area contributed by atoms with Gasteiger partial charge in [-0.25, -0.2) is 4.79 Å². The van der Waals surface area contributed by atoms with E-state index in [0.29, 0.717) is 18.9 Å². The van der Waals surface area contributed by atoms with Gasteiger partial charge in [0, 0.05) is 5.56 Å². The molecule has 2 rings (SSSR count). The van der Waals surface area contributed by atoms with Gasteiger partial charge in [0.05, 0.1) is 19.3 Å². The first-order valence-corrected chi connectivity index (χ1v) is 4.63. The topological polar surface area (TPSA) is 64.7 Å². The largest absolute Gasteiger partial charge is 0.461 e. The number of ether oxygens (including phenoxy) is 1. The van der Waals surface area contributed by atoms with E-state index < -0.39 is 0 Å². The molecule has 0 atom stereocenters. The van der Waals surface area contributed by atoms with Crippen LogP contribution in [0.25, 0.3) is 5.57 Å². The zero-order chi connectivity index (χ0) is 10.7. The van der Waals surface area contributed by atoms with Gasteiger partial charge in [0.2, 0.25) is 0 Å². The Morgan fingerprint density at radius 3 is 3.20 bits per heavy atom. The molecule has 0 radical (unpaired) electrons. The lowest BCUT2D eigenvalue weighted by Gasteiger charge is -1.97. The predicted octanol–water partition coefficient (Wildman–Crippen LogP) is 1.08. The summed E-state index contributed by atoms with van der Waals surface area (Å²) in [4.78, 5) is 15.4. The summed E-state index contributed by atoms with van der Waals surface area (Å²) in [5.41, 5.74) is 2.12. The molecule has 0 unspecified atom stereocenters. The summed E-state index contributed by atoms with van der Waals surface area (Å²) in [5, 5.41) is 3.59. The number of aromatic nitrogens is 1. The Hall–Kier alpha value is -1.91. The fourth-order valence-corrected chi connectivity index (χ4v) is 1.29. The molecule has 1 aliphatic heterocycles. The monoisotopic (exact) mass is 206 g/mol. The number of carbonyl (C=O) groups excluding carboxylic acids is 1. The Kier molecular flexibility index (Phi) is 2.62. The summed E-state index contributed by atoms with van der Waals surface area (Å²) < 4.78 is 9.55. The lowest BCUT2D eigenvalue weighted by molar-refractivity contribution is -0.134. The third kappa shape index (κ3) is 1.96. The summed E-state index contributed by atoms with van der Waals surface area (Å²) in [6.45, 7) is 2.59. The van der Waals surface area contributed by atoms with Crippen LogP contribution in [0.4, 0.5) is 0 Å². The van der Waals surface area contributed by atoms with Crippen molar-refractivity contribution in [2.75, 3.05) is 13.2 Å². The fraction of sp³-hybridized carbons (Fsp3) is 0.300. The lowest BCUT2D eigenvalue weighted by atomic mass is 10.1. The van der Waals surface area contributed by atoms with E-state index in [9.17, 15) is 4.79 Å². The molecule has 0 amide bonds. The molecule has 78 valence electrons. The van der Waals surface area contributed by atoms with Crippen molar-refractivity contribution in [2.24, 2.45) is 4.99 Å². The molecule has 0 saturated carbocycles. The van der Waals surface area contributed by atoms with Gasteiger partial charge >= 0.3 is 5.97 Å². The van der Waals surface area contributed by atoms with E-state index in [1.165, 1.54) is 6.26 Å². The van der Waals surface area contributed by atoms with Gasteiger partial charge in [-0.1, -0.05) is 5.16 Å². The molecule has 0 spiro atoms. The molecule has 0 aromatic carbocycles. The minimum Gasteiger partial charge on any atom is -0.461 e. The summed E-state index contributed by atoms with van der Waals surface area (Å²) in [5.74, 6) is -0.385. The smallest absolute Gasteiger partial charge is 0.356 e. The first kappa shape index (κ1) is 9.64. The van der Waals surface area contributed by atoms with Crippen LogP contribution >= 0.6 is 0 Å². The number of nitrogens with zero attached hydrogens (tertiary/aromatic N) is 2. The average molecular weight is 206 g/mol. The molecule has 1 aromatic heterocycles. The zero-order valence-electron chi connectivity index (χ0n) is 8.27. The summed E-state index contributed by atoms with van der Waals surface area (Å²) in [6.07, 6.45) is 4.81. The Morgan fingerprint density at radius 2 is 2.53 bits per heavy atom. The molecule has 0 N–H and O–H groups in total. The molecule has 0 aliphatic carbocycles. The van der Waals surface area contributed by atoms with E-state index >= 15 is 0 Å². The number of esters is 1. The summed E-state index contributed by atoms with van der Waals surface area (Å²) >= 11 is 0. The number of aliphatic imine (C=N–C) groups is 1. The number of rotatable bonds is 3. The molecule has 1 aromatic rings. The highest BCUT2D eigenvalue weighted by Gasteiger charge is 2.17. The van der Waals surface area contributed by atoms with Crippen molar-refractivity contribution in [3.8, 4) is 0 Å². The first-order chi connectivity index (χ1) is 7.31. The van der Waals surface area contributed by atoms with E-state index in [2.05, 4.69) is 10.1 Å². The highest BCUT2D eigenvalue weighted by Crippen LogP contribution is 2.18. The molecule has 0 saturated heterocycles. The standard InChI is InChI=1S/C10H10N2O3/c1-2-14-10(13)9-3-7(4-11-9)8-5-12-15-6-8/h3,5-6H,2,4H2,1H3. The molecular formula is C10H10N2O3. The molecule has 15 heavy (non-hydrogen) atoms. The van der Waals surface area contributed by atoms with Crippen molar-refractivity contribution in [1.82, 2.24) is 5.16 Å². The van der Waals surface area contributed by atoms with Crippen LogP contribution in [-0.4, -0.2) is 30.0 Å². The quantitative estimate of drug-likeness (QED) is 0.694. The predicted molar refractivity (Wildman–Crippen MR) is 53.4 cm³/mol. The van der Waals surface area contributed by atoms with Gasteiger partial charge in [-0.05, 0) is 18.6 Å². The first-order valence-electron chi connectivity index (χ1n) is 4.63. The van der Waals surface area contributed by atoms with Gasteiger partial charge in [0.25, 0.3) is 0 Å². The summed E-state index contributed by atoms with van der Waals surface area (Å²) in [7, 11) is 0. The second-order valence-corrected chi connectivity index (χ2v) is 3.00. The molecular weight excluding hydrogens is 196 g/mol. The maximum atomic E-state index is 11.3. The van der Waals surface area contributed by atoms with Crippen molar-refractivity contribution < 1.29 is 14.1 Å². The molecule has 0 fully saturated rings. The van der Waals surface area contributed by atoms with Crippen LogP contribution in [0.1, 0.15) is 12.5 Å². The van der Waals surface area contributed by atoms with Crippen LogP contribution in [0.3, 0.4) is 0 Å². The maximum absolute atomic E-state index is 11.3. The van der Waals surface area contributed by atoms with Crippen molar-refractivity contribution in [2.45, 2.75) is 6.92 Å². The van der Waals surface area contributed by atoms with Crippen molar-refractivity contribution in [3.63, 3.8) is 0 Å². The minimum atomic E-state index is -0.385. The molecule has 1 aliphatic rings.